The summed E-state index contributed by atoms with van der Waals surface area (Å²) in [6, 6.07) is 1.59. The minimum atomic E-state index is -0.508. The summed E-state index contributed by atoms with van der Waals surface area (Å²) in [5.74, 6) is 0.233. The fraction of sp³-hybridized carbons (Fsp3) is 0.571. The maximum absolute atomic E-state index is 11.1. The van der Waals surface area contributed by atoms with E-state index in [0.29, 0.717) is 16.0 Å². The Bertz CT molecular complexity index is 519. The van der Waals surface area contributed by atoms with Gasteiger partial charge in [-0.2, -0.15) is 0 Å². The van der Waals surface area contributed by atoms with Gasteiger partial charge in [0.25, 0.3) is 0 Å². The number of nitrogens with two attached hydrogens (primary N) is 1. The molecular weight excluding hydrogens is 278 g/mol. The van der Waals surface area contributed by atoms with Gasteiger partial charge in [0.2, 0.25) is 5.91 Å². The number of amides is 1. The van der Waals surface area contributed by atoms with Crippen LogP contribution in [0.5, 0.6) is 0 Å². The molecule has 3 rings (SSSR count). The molecule has 3 heterocycles. The summed E-state index contributed by atoms with van der Waals surface area (Å²) in [4.78, 5) is 17.6. The number of hydrogen-bond acceptors (Lipinski definition) is 4. The Morgan fingerprint density at radius 1 is 1.40 bits per heavy atom. The van der Waals surface area contributed by atoms with Crippen molar-refractivity contribution in [2.75, 3.05) is 31.2 Å². The van der Waals surface area contributed by atoms with Crippen molar-refractivity contribution in [3.63, 3.8) is 0 Å². The van der Waals surface area contributed by atoms with E-state index in [9.17, 15) is 4.79 Å². The molecule has 2 saturated heterocycles. The molecule has 1 amide bonds. The predicted octanol–water partition coefficient (Wildman–Crippen LogP) is 1.84. The smallest absolute Gasteiger partial charge is 0.250 e. The van der Waals surface area contributed by atoms with Gasteiger partial charge in [-0.15, -0.1) is 0 Å². The van der Waals surface area contributed by atoms with Crippen LogP contribution in [0.3, 0.4) is 0 Å². The lowest BCUT2D eigenvalue weighted by Gasteiger charge is -2.39. The minimum absolute atomic E-state index is 0.344. The van der Waals surface area contributed by atoms with E-state index >= 15 is 0 Å². The van der Waals surface area contributed by atoms with Crippen LogP contribution >= 0.6 is 11.6 Å². The zero-order chi connectivity index (χ0) is 14.2. The van der Waals surface area contributed by atoms with Crippen LogP contribution in [0.4, 0.5) is 5.82 Å². The highest BCUT2D eigenvalue weighted by atomic mass is 35.5. The molecule has 2 aliphatic rings. The second kappa shape index (κ2) is 5.22. The van der Waals surface area contributed by atoms with E-state index in [1.807, 2.05) is 0 Å². The van der Waals surface area contributed by atoms with Crippen LogP contribution in [0.1, 0.15) is 29.6 Å². The number of nitrogens with zero attached hydrogens (tertiary/aromatic N) is 2. The lowest BCUT2D eigenvalue weighted by atomic mass is 9.78. The highest BCUT2D eigenvalue weighted by Gasteiger charge is 2.38. The Morgan fingerprint density at radius 3 is 2.70 bits per heavy atom. The van der Waals surface area contributed by atoms with Crippen molar-refractivity contribution >= 4 is 23.3 Å². The number of halogens is 1. The van der Waals surface area contributed by atoms with E-state index in [2.05, 4.69) is 9.88 Å². The SMILES string of the molecule is NC(=O)c1cnc(N2CCC3(CCOC3)CC2)c(Cl)c1. The third kappa shape index (κ3) is 2.47. The van der Waals surface area contributed by atoms with Gasteiger partial charge in [0.05, 0.1) is 17.2 Å². The van der Waals surface area contributed by atoms with E-state index in [1.165, 1.54) is 6.20 Å². The van der Waals surface area contributed by atoms with Gasteiger partial charge in [0.15, 0.2) is 0 Å². The fourth-order valence-corrected chi connectivity index (χ4v) is 3.32. The maximum Gasteiger partial charge on any atom is 0.250 e. The third-order valence-electron chi connectivity index (χ3n) is 4.41. The van der Waals surface area contributed by atoms with Gasteiger partial charge in [-0.25, -0.2) is 4.98 Å². The second-order valence-corrected chi connectivity index (χ2v) is 6.09. The first-order valence-corrected chi connectivity index (χ1v) is 7.26. The number of ether oxygens (including phenoxy) is 1. The number of carbonyl (C=O) groups is 1. The first-order valence-electron chi connectivity index (χ1n) is 6.88. The van der Waals surface area contributed by atoms with Gasteiger partial charge < -0.3 is 15.4 Å². The molecule has 2 aliphatic heterocycles. The monoisotopic (exact) mass is 295 g/mol. The molecule has 0 radical (unpaired) electrons. The van der Waals surface area contributed by atoms with Crippen molar-refractivity contribution in [3.05, 3.63) is 22.8 Å². The van der Waals surface area contributed by atoms with Gasteiger partial charge in [-0.05, 0) is 30.7 Å². The van der Waals surface area contributed by atoms with Crippen LogP contribution in [-0.4, -0.2) is 37.2 Å². The van der Waals surface area contributed by atoms with Gasteiger partial charge in [-0.1, -0.05) is 11.6 Å². The van der Waals surface area contributed by atoms with Gasteiger partial charge in [0.1, 0.15) is 5.82 Å². The predicted molar refractivity (Wildman–Crippen MR) is 77.1 cm³/mol. The van der Waals surface area contributed by atoms with E-state index in [0.717, 1.165) is 51.4 Å². The lowest BCUT2D eigenvalue weighted by Crippen LogP contribution is -2.41. The summed E-state index contributed by atoms with van der Waals surface area (Å²) >= 11 is 6.22. The molecule has 6 heteroatoms. The summed E-state index contributed by atoms with van der Waals surface area (Å²) in [6.45, 7) is 3.60. The number of carbonyl (C=O) groups excluding carboxylic acids is 1. The summed E-state index contributed by atoms with van der Waals surface area (Å²) in [7, 11) is 0. The van der Waals surface area contributed by atoms with Crippen LogP contribution < -0.4 is 10.6 Å². The average Bonchev–Trinajstić information content (AvgIpc) is 2.88. The highest BCUT2D eigenvalue weighted by Crippen LogP contribution is 2.40. The quantitative estimate of drug-likeness (QED) is 0.904. The zero-order valence-corrected chi connectivity index (χ0v) is 12.0. The van der Waals surface area contributed by atoms with E-state index in [1.54, 1.807) is 6.07 Å². The molecule has 0 bridgehead atoms. The number of hydrogen-bond donors (Lipinski definition) is 1. The number of piperidine rings is 1. The van der Waals surface area contributed by atoms with Crippen molar-refractivity contribution in [2.24, 2.45) is 11.1 Å². The number of pyridine rings is 1. The van der Waals surface area contributed by atoms with Crippen LogP contribution in [0.25, 0.3) is 0 Å². The Kier molecular flexibility index (Phi) is 3.56. The second-order valence-electron chi connectivity index (χ2n) is 5.68. The lowest BCUT2D eigenvalue weighted by molar-refractivity contribution is 0.1000. The minimum Gasteiger partial charge on any atom is -0.381 e. The van der Waals surface area contributed by atoms with E-state index in [-0.39, 0.29) is 0 Å². The summed E-state index contributed by atoms with van der Waals surface area (Å²) < 4.78 is 5.53. The Hall–Kier alpha value is -1.33. The summed E-state index contributed by atoms with van der Waals surface area (Å²) in [5.41, 5.74) is 5.93. The molecule has 108 valence electrons. The number of anilines is 1. The molecule has 2 fully saturated rings. The van der Waals surface area contributed by atoms with Crippen LogP contribution in [0.15, 0.2) is 12.3 Å². The average molecular weight is 296 g/mol. The first-order chi connectivity index (χ1) is 9.60. The summed E-state index contributed by atoms with van der Waals surface area (Å²) in [6.07, 6.45) is 4.85. The first kappa shape index (κ1) is 13.6. The molecule has 1 aromatic rings. The molecule has 0 saturated carbocycles. The highest BCUT2D eigenvalue weighted by molar-refractivity contribution is 6.33. The van der Waals surface area contributed by atoms with Crippen LogP contribution in [-0.2, 0) is 4.74 Å². The van der Waals surface area contributed by atoms with Crippen molar-refractivity contribution in [2.45, 2.75) is 19.3 Å². The standard InChI is InChI=1S/C14H18ClN3O2/c15-11-7-10(12(16)19)8-17-13(11)18-4-1-14(2-5-18)3-6-20-9-14/h7-8H,1-6,9H2,(H2,16,19). The summed E-state index contributed by atoms with van der Waals surface area (Å²) in [5, 5.41) is 0.486. The third-order valence-corrected chi connectivity index (χ3v) is 4.69. The van der Waals surface area contributed by atoms with Crippen LogP contribution in [0, 0.1) is 5.41 Å². The molecule has 20 heavy (non-hydrogen) atoms. The normalized spacial score (nSPS) is 21.4. The fourth-order valence-electron chi connectivity index (χ4n) is 3.03. The molecule has 0 atom stereocenters. The van der Waals surface area contributed by atoms with Crippen molar-refractivity contribution in [1.29, 1.82) is 0 Å². The van der Waals surface area contributed by atoms with Gasteiger partial charge in [-0.3, -0.25) is 4.79 Å². The molecule has 1 spiro atoms. The molecule has 5 nitrogen and oxygen atoms in total. The molecule has 0 aromatic carbocycles. The van der Waals surface area contributed by atoms with Crippen LogP contribution in [0.2, 0.25) is 5.02 Å². The van der Waals surface area contributed by atoms with Crippen molar-refractivity contribution in [1.82, 2.24) is 4.98 Å². The number of primary amides is 1. The maximum atomic E-state index is 11.1. The molecular formula is C14H18ClN3O2. The Morgan fingerprint density at radius 2 is 2.15 bits per heavy atom. The van der Waals surface area contributed by atoms with Gasteiger partial charge in [0, 0.05) is 25.9 Å². The molecule has 1 aromatic heterocycles. The van der Waals surface area contributed by atoms with E-state index in [4.69, 9.17) is 22.1 Å². The van der Waals surface area contributed by atoms with Crippen molar-refractivity contribution in [3.8, 4) is 0 Å². The van der Waals surface area contributed by atoms with Gasteiger partial charge >= 0.3 is 0 Å². The molecule has 2 N–H and O–H groups in total. The van der Waals surface area contributed by atoms with Crippen molar-refractivity contribution < 1.29 is 9.53 Å². The largest absolute Gasteiger partial charge is 0.381 e. The topological polar surface area (TPSA) is 68.5 Å². The zero-order valence-electron chi connectivity index (χ0n) is 11.3. The van der Waals surface area contributed by atoms with E-state index < -0.39 is 5.91 Å². The Labute approximate surface area is 123 Å². The molecule has 0 aliphatic carbocycles. The molecule has 0 unspecified atom stereocenters. The Balaban J connectivity index is 1.73. The number of aromatic nitrogens is 1. The number of rotatable bonds is 2.